The van der Waals surface area contributed by atoms with Gasteiger partial charge in [-0.15, -0.1) is 0 Å². The van der Waals surface area contributed by atoms with E-state index in [4.69, 9.17) is 14.7 Å². The van der Waals surface area contributed by atoms with Crippen molar-refractivity contribution in [3.63, 3.8) is 0 Å². The third kappa shape index (κ3) is 7.02. The zero-order valence-corrected chi connectivity index (χ0v) is 13.2. The first-order valence-corrected chi connectivity index (χ1v) is 7.88. The minimum Gasteiger partial charge on any atom is -0.493 e. The van der Waals surface area contributed by atoms with Crippen molar-refractivity contribution >= 4 is 6.21 Å². The Bertz CT molecular complexity index is 418. The van der Waals surface area contributed by atoms with E-state index < -0.39 is 0 Å². The molecule has 0 unspecified atom stereocenters. The highest BCUT2D eigenvalue weighted by atomic mass is 16.5. The SMILES string of the molecule is CCCCCOc1ccc(C=NO)c(OCCCCC)c1. The normalized spacial score (nSPS) is 11.0. The average molecular weight is 293 g/mol. The quantitative estimate of drug-likeness (QED) is 0.280. The van der Waals surface area contributed by atoms with Crippen LogP contribution in [-0.2, 0) is 0 Å². The molecule has 0 aliphatic heterocycles. The van der Waals surface area contributed by atoms with E-state index in [1.807, 2.05) is 18.2 Å². The Morgan fingerprint density at radius 1 is 1.00 bits per heavy atom. The lowest BCUT2D eigenvalue weighted by Gasteiger charge is -2.12. The highest BCUT2D eigenvalue weighted by molar-refractivity contribution is 5.83. The Hall–Kier alpha value is -1.71. The van der Waals surface area contributed by atoms with E-state index in [1.165, 1.54) is 19.1 Å². The monoisotopic (exact) mass is 293 g/mol. The Balaban J connectivity index is 2.61. The summed E-state index contributed by atoms with van der Waals surface area (Å²) >= 11 is 0. The van der Waals surface area contributed by atoms with Crippen molar-refractivity contribution in [1.82, 2.24) is 0 Å². The number of unbranched alkanes of at least 4 members (excludes halogenated alkanes) is 4. The van der Waals surface area contributed by atoms with Gasteiger partial charge in [-0.1, -0.05) is 44.7 Å². The number of hydrogen-bond donors (Lipinski definition) is 1. The van der Waals surface area contributed by atoms with Gasteiger partial charge in [0.05, 0.1) is 19.4 Å². The zero-order chi connectivity index (χ0) is 15.3. The van der Waals surface area contributed by atoms with Crippen molar-refractivity contribution in [2.75, 3.05) is 13.2 Å². The van der Waals surface area contributed by atoms with Gasteiger partial charge in [-0.3, -0.25) is 0 Å². The Morgan fingerprint density at radius 2 is 1.67 bits per heavy atom. The minimum absolute atomic E-state index is 0.666. The largest absolute Gasteiger partial charge is 0.493 e. The van der Waals surface area contributed by atoms with Crippen molar-refractivity contribution < 1.29 is 14.7 Å². The van der Waals surface area contributed by atoms with Crippen molar-refractivity contribution in [3.05, 3.63) is 23.8 Å². The maximum atomic E-state index is 8.71. The maximum absolute atomic E-state index is 8.71. The Morgan fingerprint density at radius 3 is 2.29 bits per heavy atom. The lowest BCUT2D eigenvalue weighted by Crippen LogP contribution is -2.02. The molecular weight excluding hydrogens is 266 g/mol. The van der Waals surface area contributed by atoms with Gasteiger partial charge in [0.15, 0.2) is 0 Å². The van der Waals surface area contributed by atoms with Crippen LogP contribution in [0.4, 0.5) is 0 Å². The average Bonchev–Trinajstić information content (AvgIpc) is 2.50. The van der Waals surface area contributed by atoms with Crippen LogP contribution in [0.5, 0.6) is 11.5 Å². The van der Waals surface area contributed by atoms with Crippen LogP contribution >= 0.6 is 0 Å². The van der Waals surface area contributed by atoms with Crippen LogP contribution in [0, 0.1) is 0 Å². The predicted octanol–water partition coefficient (Wildman–Crippen LogP) is 4.63. The van der Waals surface area contributed by atoms with Crippen LogP contribution < -0.4 is 9.47 Å². The summed E-state index contributed by atoms with van der Waals surface area (Å²) < 4.78 is 11.5. The van der Waals surface area contributed by atoms with Gasteiger partial charge in [-0.25, -0.2) is 0 Å². The molecule has 21 heavy (non-hydrogen) atoms. The van der Waals surface area contributed by atoms with E-state index >= 15 is 0 Å². The first-order valence-electron chi connectivity index (χ1n) is 7.88. The lowest BCUT2D eigenvalue weighted by atomic mass is 10.2. The summed E-state index contributed by atoms with van der Waals surface area (Å²) in [4.78, 5) is 0. The molecule has 1 aromatic carbocycles. The molecule has 0 aromatic heterocycles. The summed E-state index contributed by atoms with van der Waals surface area (Å²) in [6.07, 6.45) is 8.13. The first kappa shape index (κ1) is 17.3. The van der Waals surface area contributed by atoms with E-state index in [2.05, 4.69) is 19.0 Å². The predicted molar refractivity (Wildman–Crippen MR) is 85.9 cm³/mol. The van der Waals surface area contributed by atoms with E-state index in [0.717, 1.165) is 43.6 Å². The van der Waals surface area contributed by atoms with E-state index in [0.29, 0.717) is 12.4 Å². The van der Waals surface area contributed by atoms with Gasteiger partial charge >= 0.3 is 0 Å². The third-order valence-electron chi connectivity index (χ3n) is 3.20. The fraction of sp³-hybridized carbons (Fsp3) is 0.588. The second-order valence-electron chi connectivity index (χ2n) is 5.06. The summed E-state index contributed by atoms with van der Waals surface area (Å²) in [6, 6.07) is 5.60. The molecule has 118 valence electrons. The molecule has 0 fully saturated rings. The van der Waals surface area contributed by atoms with Crippen LogP contribution in [0.25, 0.3) is 0 Å². The lowest BCUT2D eigenvalue weighted by molar-refractivity contribution is 0.290. The summed E-state index contributed by atoms with van der Waals surface area (Å²) in [7, 11) is 0. The molecule has 0 spiro atoms. The van der Waals surface area contributed by atoms with Crippen molar-refractivity contribution in [2.24, 2.45) is 5.16 Å². The molecule has 4 nitrogen and oxygen atoms in total. The molecule has 0 heterocycles. The van der Waals surface area contributed by atoms with Gasteiger partial charge in [0, 0.05) is 11.6 Å². The van der Waals surface area contributed by atoms with E-state index in [1.54, 1.807) is 0 Å². The van der Waals surface area contributed by atoms with Crippen LogP contribution in [0.2, 0.25) is 0 Å². The first-order chi connectivity index (χ1) is 10.3. The molecule has 0 atom stereocenters. The summed E-state index contributed by atoms with van der Waals surface area (Å²) in [6.45, 7) is 5.72. The van der Waals surface area contributed by atoms with Crippen LogP contribution in [0.1, 0.15) is 57.9 Å². The number of hydrogen-bond acceptors (Lipinski definition) is 4. The highest BCUT2D eigenvalue weighted by Gasteiger charge is 2.05. The zero-order valence-electron chi connectivity index (χ0n) is 13.2. The molecule has 0 saturated heterocycles. The number of ether oxygens (including phenoxy) is 2. The van der Waals surface area contributed by atoms with Crippen LogP contribution in [0.3, 0.4) is 0 Å². The second kappa shape index (κ2) is 11.0. The third-order valence-corrected chi connectivity index (χ3v) is 3.20. The number of oxime groups is 1. The minimum atomic E-state index is 0.666. The molecule has 0 aliphatic carbocycles. The molecule has 0 bridgehead atoms. The van der Waals surface area contributed by atoms with Gasteiger partial charge in [0.25, 0.3) is 0 Å². The smallest absolute Gasteiger partial charge is 0.131 e. The van der Waals surface area contributed by atoms with Gasteiger partial charge in [0.1, 0.15) is 11.5 Å². The summed E-state index contributed by atoms with van der Waals surface area (Å²) in [5.74, 6) is 1.50. The second-order valence-corrected chi connectivity index (χ2v) is 5.06. The van der Waals surface area contributed by atoms with Gasteiger partial charge in [-0.2, -0.15) is 0 Å². The van der Waals surface area contributed by atoms with Crippen LogP contribution in [-0.4, -0.2) is 24.6 Å². The van der Waals surface area contributed by atoms with Gasteiger partial charge in [0.2, 0.25) is 0 Å². The molecule has 1 aromatic rings. The van der Waals surface area contributed by atoms with Crippen molar-refractivity contribution in [1.29, 1.82) is 0 Å². The van der Waals surface area contributed by atoms with Gasteiger partial charge in [-0.05, 0) is 25.0 Å². The van der Waals surface area contributed by atoms with Crippen molar-refractivity contribution in [2.45, 2.75) is 52.4 Å². The van der Waals surface area contributed by atoms with E-state index in [-0.39, 0.29) is 0 Å². The summed E-state index contributed by atoms with van der Waals surface area (Å²) in [5, 5.41) is 11.8. The molecule has 0 amide bonds. The molecule has 1 rings (SSSR count). The molecule has 4 heteroatoms. The van der Waals surface area contributed by atoms with Gasteiger partial charge < -0.3 is 14.7 Å². The topological polar surface area (TPSA) is 51.0 Å². The number of rotatable bonds is 11. The number of benzene rings is 1. The fourth-order valence-electron chi connectivity index (χ4n) is 1.97. The van der Waals surface area contributed by atoms with Crippen LogP contribution in [0.15, 0.2) is 23.4 Å². The standard InChI is InChI=1S/C17H27NO3/c1-3-5-7-11-20-16-10-9-15(14-18-19)17(13-16)21-12-8-6-4-2/h9-10,13-14,19H,3-8,11-12H2,1-2H3. The molecule has 1 N–H and O–H groups in total. The van der Waals surface area contributed by atoms with E-state index in [9.17, 15) is 0 Å². The highest BCUT2D eigenvalue weighted by Crippen LogP contribution is 2.24. The molecule has 0 aliphatic rings. The van der Waals surface area contributed by atoms with Crippen molar-refractivity contribution in [3.8, 4) is 11.5 Å². The Labute approximate surface area is 127 Å². The number of nitrogens with zero attached hydrogens (tertiary/aromatic N) is 1. The fourth-order valence-corrected chi connectivity index (χ4v) is 1.97. The molecule has 0 saturated carbocycles. The summed E-state index contributed by atoms with van der Waals surface area (Å²) in [5.41, 5.74) is 0.759. The molecule has 0 radical (unpaired) electrons. The molecular formula is C17H27NO3. The Kier molecular flexibility index (Phi) is 9.09. The maximum Gasteiger partial charge on any atom is 0.131 e.